The highest BCUT2D eigenvalue weighted by Crippen LogP contribution is 2.28. The number of benzene rings is 1. The van der Waals surface area contributed by atoms with Gasteiger partial charge in [0.15, 0.2) is 5.82 Å². The van der Waals surface area contributed by atoms with Crippen LogP contribution < -0.4 is 5.32 Å². The molecule has 0 radical (unpaired) electrons. The standard InChI is InChI=1S/C14H17N3S/c1-9(2)10-3-5-11(6-4-10)13-16-14(18-17-13)15-12-7-8-12/h3-6,9,12H,7-8H2,1-2H3,(H,15,16,17). The SMILES string of the molecule is CC(C)c1ccc(-c2nsc(NC3CC3)n2)cc1. The van der Waals surface area contributed by atoms with Gasteiger partial charge < -0.3 is 5.32 Å². The van der Waals surface area contributed by atoms with Crippen molar-refractivity contribution in [1.29, 1.82) is 0 Å². The van der Waals surface area contributed by atoms with Crippen molar-refractivity contribution in [1.82, 2.24) is 9.36 Å². The summed E-state index contributed by atoms with van der Waals surface area (Å²) in [5, 5.41) is 4.33. The van der Waals surface area contributed by atoms with Gasteiger partial charge in [-0.2, -0.15) is 9.36 Å². The molecule has 0 bridgehead atoms. The molecule has 0 aliphatic heterocycles. The summed E-state index contributed by atoms with van der Waals surface area (Å²) in [5.74, 6) is 1.40. The average molecular weight is 259 g/mol. The molecule has 0 atom stereocenters. The van der Waals surface area contributed by atoms with E-state index in [2.05, 4.69) is 52.8 Å². The molecular weight excluding hydrogens is 242 g/mol. The normalized spacial score (nSPS) is 15.1. The first kappa shape index (κ1) is 11.7. The fourth-order valence-corrected chi connectivity index (χ4v) is 2.48. The molecule has 0 saturated heterocycles. The van der Waals surface area contributed by atoms with Crippen LogP contribution in [0.2, 0.25) is 0 Å². The number of nitrogens with zero attached hydrogens (tertiary/aromatic N) is 2. The van der Waals surface area contributed by atoms with Gasteiger partial charge in [-0.3, -0.25) is 0 Å². The highest BCUT2D eigenvalue weighted by Gasteiger charge is 2.22. The summed E-state index contributed by atoms with van der Waals surface area (Å²) in [4.78, 5) is 4.53. The predicted octanol–water partition coefficient (Wildman–Crippen LogP) is 3.90. The first-order valence-corrected chi connectivity index (χ1v) is 7.20. The Bertz CT molecular complexity index is 526. The van der Waals surface area contributed by atoms with Crippen LogP contribution in [0, 0.1) is 0 Å². The minimum absolute atomic E-state index is 0.564. The van der Waals surface area contributed by atoms with E-state index in [-0.39, 0.29) is 0 Å². The fraction of sp³-hybridized carbons (Fsp3) is 0.429. The van der Waals surface area contributed by atoms with Gasteiger partial charge in [0.25, 0.3) is 0 Å². The molecule has 0 unspecified atom stereocenters. The van der Waals surface area contributed by atoms with Gasteiger partial charge in [-0.25, -0.2) is 0 Å². The zero-order chi connectivity index (χ0) is 12.5. The third-order valence-electron chi connectivity index (χ3n) is 3.17. The second-order valence-corrected chi connectivity index (χ2v) is 5.87. The van der Waals surface area contributed by atoms with Crippen molar-refractivity contribution in [2.24, 2.45) is 0 Å². The maximum atomic E-state index is 4.53. The minimum Gasteiger partial charge on any atom is -0.358 e. The summed E-state index contributed by atoms with van der Waals surface area (Å²) >= 11 is 1.45. The number of nitrogens with one attached hydrogen (secondary N) is 1. The summed E-state index contributed by atoms with van der Waals surface area (Å²) in [6.07, 6.45) is 2.52. The Kier molecular flexibility index (Phi) is 3.04. The maximum Gasteiger partial charge on any atom is 0.203 e. The monoisotopic (exact) mass is 259 g/mol. The van der Waals surface area contributed by atoms with Crippen LogP contribution in [0.4, 0.5) is 5.13 Å². The van der Waals surface area contributed by atoms with E-state index in [0.717, 1.165) is 16.5 Å². The van der Waals surface area contributed by atoms with Crippen molar-refractivity contribution >= 4 is 16.7 Å². The van der Waals surface area contributed by atoms with E-state index in [0.29, 0.717) is 12.0 Å². The molecular formula is C14H17N3S. The van der Waals surface area contributed by atoms with Crippen LogP contribution in [-0.4, -0.2) is 15.4 Å². The van der Waals surface area contributed by atoms with Crippen molar-refractivity contribution in [3.8, 4) is 11.4 Å². The summed E-state index contributed by atoms with van der Waals surface area (Å²) in [6, 6.07) is 9.18. The third kappa shape index (κ3) is 2.53. The molecule has 1 fully saturated rings. The van der Waals surface area contributed by atoms with Crippen molar-refractivity contribution in [3.05, 3.63) is 29.8 Å². The number of hydrogen-bond acceptors (Lipinski definition) is 4. The molecule has 1 heterocycles. The van der Waals surface area contributed by atoms with Crippen LogP contribution in [0.1, 0.15) is 38.2 Å². The molecule has 18 heavy (non-hydrogen) atoms. The van der Waals surface area contributed by atoms with Gasteiger partial charge in [-0.1, -0.05) is 38.1 Å². The molecule has 1 aromatic carbocycles. The number of aromatic nitrogens is 2. The smallest absolute Gasteiger partial charge is 0.203 e. The Morgan fingerprint density at radius 2 is 1.94 bits per heavy atom. The molecule has 4 heteroatoms. The van der Waals surface area contributed by atoms with Crippen molar-refractivity contribution in [2.75, 3.05) is 5.32 Å². The van der Waals surface area contributed by atoms with Gasteiger partial charge in [-0.15, -0.1) is 0 Å². The zero-order valence-corrected chi connectivity index (χ0v) is 11.5. The van der Waals surface area contributed by atoms with Gasteiger partial charge in [0.05, 0.1) is 0 Å². The highest BCUT2D eigenvalue weighted by molar-refractivity contribution is 7.09. The molecule has 1 aliphatic rings. The Balaban J connectivity index is 1.78. The third-order valence-corrected chi connectivity index (χ3v) is 3.81. The van der Waals surface area contributed by atoms with Crippen molar-refractivity contribution in [2.45, 2.75) is 38.6 Å². The molecule has 1 aromatic heterocycles. The van der Waals surface area contributed by atoms with E-state index in [1.165, 1.54) is 29.9 Å². The van der Waals surface area contributed by atoms with Gasteiger partial charge in [0.2, 0.25) is 5.13 Å². The predicted molar refractivity (Wildman–Crippen MR) is 76.1 cm³/mol. The van der Waals surface area contributed by atoms with E-state index >= 15 is 0 Å². The van der Waals surface area contributed by atoms with Crippen LogP contribution >= 0.6 is 11.5 Å². The lowest BCUT2D eigenvalue weighted by atomic mass is 10.0. The van der Waals surface area contributed by atoms with E-state index in [4.69, 9.17) is 0 Å². The number of hydrogen-bond donors (Lipinski definition) is 1. The lowest BCUT2D eigenvalue weighted by Gasteiger charge is -2.04. The lowest BCUT2D eigenvalue weighted by Crippen LogP contribution is -1.99. The molecule has 3 rings (SSSR count). The Labute approximate surface area is 111 Å². The Hall–Kier alpha value is -1.42. The van der Waals surface area contributed by atoms with Crippen LogP contribution in [0.15, 0.2) is 24.3 Å². The van der Waals surface area contributed by atoms with Crippen LogP contribution in [0.5, 0.6) is 0 Å². The second-order valence-electron chi connectivity index (χ2n) is 5.12. The molecule has 1 N–H and O–H groups in total. The Morgan fingerprint density at radius 3 is 2.56 bits per heavy atom. The van der Waals surface area contributed by atoms with Crippen LogP contribution in [-0.2, 0) is 0 Å². The van der Waals surface area contributed by atoms with E-state index in [1.807, 2.05) is 0 Å². The Morgan fingerprint density at radius 1 is 1.22 bits per heavy atom. The molecule has 2 aromatic rings. The quantitative estimate of drug-likeness (QED) is 0.904. The average Bonchev–Trinajstić information content (AvgIpc) is 3.05. The second kappa shape index (κ2) is 4.69. The summed E-state index contributed by atoms with van der Waals surface area (Å²) in [7, 11) is 0. The fourth-order valence-electron chi connectivity index (χ4n) is 1.82. The topological polar surface area (TPSA) is 37.8 Å². The lowest BCUT2D eigenvalue weighted by molar-refractivity contribution is 0.867. The highest BCUT2D eigenvalue weighted by atomic mass is 32.1. The van der Waals surface area contributed by atoms with E-state index in [1.54, 1.807) is 0 Å². The zero-order valence-electron chi connectivity index (χ0n) is 10.7. The molecule has 0 amide bonds. The molecule has 3 nitrogen and oxygen atoms in total. The van der Waals surface area contributed by atoms with E-state index < -0.39 is 0 Å². The summed E-state index contributed by atoms with van der Waals surface area (Å²) in [5.41, 5.74) is 2.45. The first-order valence-electron chi connectivity index (χ1n) is 6.43. The molecule has 1 aliphatic carbocycles. The first-order chi connectivity index (χ1) is 8.72. The van der Waals surface area contributed by atoms with Crippen LogP contribution in [0.3, 0.4) is 0 Å². The van der Waals surface area contributed by atoms with Crippen LogP contribution in [0.25, 0.3) is 11.4 Å². The summed E-state index contributed by atoms with van der Waals surface area (Å²) < 4.78 is 4.41. The number of anilines is 1. The molecule has 1 saturated carbocycles. The number of rotatable bonds is 4. The van der Waals surface area contributed by atoms with Crippen molar-refractivity contribution < 1.29 is 0 Å². The van der Waals surface area contributed by atoms with Gasteiger partial charge in [-0.05, 0) is 24.3 Å². The van der Waals surface area contributed by atoms with E-state index in [9.17, 15) is 0 Å². The van der Waals surface area contributed by atoms with Gasteiger partial charge in [0, 0.05) is 23.1 Å². The summed E-state index contributed by atoms with van der Waals surface area (Å²) in [6.45, 7) is 4.40. The van der Waals surface area contributed by atoms with Crippen molar-refractivity contribution in [3.63, 3.8) is 0 Å². The molecule has 0 spiro atoms. The maximum absolute atomic E-state index is 4.53. The largest absolute Gasteiger partial charge is 0.358 e. The molecule has 94 valence electrons. The van der Waals surface area contributed by atoms with Gasteiger partial charge in [0.1, 0.15) is 0 Å². The minimum atomic E-state index is 0.564. The van der Waals surface area contributed by atoms with Gasteiger partial charge >= 0.3 is 0 Å².